The lowest BCUT2D eigenvalue weighted by Gasteiger charge is -2.03. The maximum Gasteiger partial charge on any atom is 0.305 e. The molecule has 0 heterocycles. The summed E-state index contributed by atoms with van der Waals surface area (Å²) in [4.78, 5) is 10.0. The zero-order chi connectivity index (χ0) is 9.94. The fourth-order valence-corrected chi connectivity index (χ4v) is 0.667. The van der Waals surface area contributed by atoms with Crippen LogP contribution in [-0.2, 0) is 14.3 Å². The molecule has 3 N–H and O–H groups in total. The van der Waals surface area contributed by atoms with Crippen LogP contribution >= 0.6 is 0 Å². The summed E-state index contributed by atoms with van der Waals surface area (Å²) in [5, 5.41) is 8.26. The topological polar surface area (TPSA) is 81.8 Å². The molecule has 0 aromatic carbocycles. The van der Waals surface area contributed by atoms with Crippen molar-refractivity contribution in [2.75, 3.05) is 33.0 Å². The van der Waals surface area contributed by atoms with Crippen molar-refractivity contribution in [2.24, 2.45) is 5.73 Å². The SMILES string of the molecule is NCCCOCCOCCC(=O)O. The number of carboxylic acid groups (broad SMARTS) is 1. The van der Waals surface area contributed by atoms with E-state index in [4.69, 9.17) is 20.3 Å². The summed E-state index contributed by atoms with van der Waals surface area (Å²) >= 11 is 0. The maximum atomic E-state index is 10.0. The van der Waals surface area contributed by atoms with Crippen LogP contribution in [0, 0.1) is 0 Å². The molecule has 0 rings (SSSR count). The first-order chi connectivity index (χ1) is 6.27. The molecular formula is C8H17NO4. The molecule has 5 heteroatoms. The number of ether oxygens (including phenoxy) is 2. The van der Waals surface area contributed by atoms with Gasteiger partial charge in [-0.1, -0.05) is 0 Å². The van der Waals surface area contributed by atoms with Crippen molar-refractivity contribution < 1.29 is 19.4 Å². The van der Waals surface area contributed by atoms with E-state index < -0.39 is 5.97 Å². The second-order valence-corrected chi connectivity index (χ2v) is 2.51. The minimum Gasteiger partial charge on any atom is -0.481 e. The normalized spacial score (nSPS) is 10.2. The molecule has 0 aliphatic heterocycles. The Morgan fingerprint density at radius 2 is 1.77 bits per heavy atom. The molecule has 0 atom stereocenters. The number of hydrogen-bond donors (Lipinski definition) is 2. The van der Waals surface area contributed by atoms with Gasteiger partial charge in [0.05, 0.1) is 26.2 Å². The van der Waals surface area contributed by atoms with Crippen LogP contribution in [0.3, 0.4) is 0 Å². The van der Waals surface area contributed by atoms with E-state index in [2.05, 4.69) is 0 Å². The number of hydrogen-bond acceptors (Lipinski definition) is 4. The van der Waals surface area contributed by atoms with Crippen LogP contribution in [0.5, 0.6) is 0 Å². The second-order valence-electron chi connectivity index (χ2n) is 2.51. The highest BCUT2D eigenvalue weighted by molar-refractivity contribution is 5.66. The standard InChI is InChI=1S/C8H17NO4/c9-3-1-4-12-6-7-13-5-2-8(10)11/h1-7,9H2,(H,10,11). The van der Waals surface area contributed by atoms with Crippen LogP contribution in [0.1, 0.15) is 12.8 Å². The Kier molecular flexibility index (Phi) is 8.97. The van der Waals surface area contributed by atoms with Crippen molar-refractivity contribution in [2.45, 2.75) is 12.8 Å². The van der Waals surface area contributed by atoms with E-state index in [-0.39, 0.29) is 13.0 Å². The van der Waals surface area contributed by atoms with Gasteiger partial charge < -0.3 is 20.3 Å². The van der Waals surface area contributed by atoms with Gasteiger partial charge in [0.15, 0.2) is 0 Å². The van der Waals surface area contributed by atoms with Crippen molar-refractivity contribution in [1.82, 2.24) is 0 Å². The Balaban J connectivity index is 2.87. The minimum atomic E-state index is -0.843. The van der Waals surface area contributed by atoms with Crippen LogP contribution in [0.25, 0.3) is 0 Å². The highest BCUT2D eigenvalue weighted by Crippen LogP contribution is 1.84. The summed E-state index contributed by atoms with van der Waals surface area (Å²) in [6, 6.07) is 0. The molecule has 0 radical (unpaired) electrons. The van der Waals surface area contributed by atoms with Gasteiger partial charge in [0.2, 0.25) is 0 Å². The van der Waals surface area contributed by atoms with Crippen LogP contribution in [0.15, 0.2) is 0 Å². The Hall–Kier alpha value is -0.650. The molecule has 13 heavy (non-hydrogen) atoms. The molecule has 0 saturated carbocycles. The highest BCUT2D eigenvalue weighted by Gasteiger charge is 1.95. The zero-order valence-corrected chi connectivity index (χ0v) is 7.70. The van der Waals surface area contributed by atoms with Crippen LogP contribution in [0.2, 0.25) is 0 Å². The Labute approximate surface area is 77.8 Å². The fourth-order valence-electron chi connectivity index (χ4n) is 0.667. The Bertz CT molecular complexity index is 129. The van der Waals surface area contributed by atoms with Gasteiger partial charge in [-0.15, -0.1) is 0 Å². The first-order valence-electron chi connectivity index (χ1n) is 4.34. The summed E-state index contributed by atoms with van der Waals surface area (Å²) in [5.41, 5.74) is 5.25. The monoisotopic (exact) mass is 191 g/mol. The molecule has 78 valence electrons. The van der Waals surface area contributed by atoms with E-state index in [1.807, 2.05) is 0 Å². The number of carbonyl (C=O) groups is 1. The van der Waals surface area contributed by atoms with E-state index in [9.17, 15) is 4.79 Å². The molecule has 0 aliphatic rings. The first-order valence-corrected chi connectivity index (χ1v) is 4.34. The van der Waals surface area contributed by atoms with Gasteiger partial charge in [-0.3, -0.25) is 4.79 Å². The van der Waals surface area contributed by atoms with Crippen molar-refractivity contribution in [3.05, 3.63) is 0 Å². The second kappa shape index (κ2) is 9.44. The number of carboxylic acids is 1. The minimum absolute atomic E-state index is 0.0444. The third-order valence-corrected chi connectivity index (χ3v) is 1.33. The predicted octanol–water partition coefficient (Wildman–Crippen LogP) is -0.157. The molecule has 5 nitrogen and oxygen atoms in total. The first kappa shape index (κ1) is 12.3. The van der Waals surface area contributed by atoms with E-state index in [1.165, 1.54) is 0 Å². The van der Waals surface area contributed by atoms with Gasteiger partial charge in [0.25, 0.3) is 0 Å². The smallest absolute Gasteiger partial charge is 0.305 e. The summed E-state index contributed by atoms with van der Waals surface area (Å²) in [7, 11) is 0. The van der Waals surface area contributed by atoms with Crippen molar-refractivity contribution >= 4 is 5.97 Å². The van der Waals surface area contributed by atoms with Crippen molar-refractivity contribution in [3.63, 3.8) is 0 Å². The van der Waals surface area contributed by atoms with Gasteiger partial charge in [0, 0.05) is 6.61 Å². The van der Waals surface area contributed by atoms with E-state index >= 15 is 0 Å². The maximum absolute atomic E-state index is 10.0. The molecule has 0 aromatic rings. The van der Waals surface area contributed by atoms with Gasteiger partial charge in [-0.05, 0) is 13.0 Å². The van der Waals surface area contributed by atoms with Gasteiger partial charge in [-0.2, -0.15) is 0 Å². The summed E-state index contributed by atoms with van der Waals surface area (Å²) in [5.74, 6) is -0.843. The number of rotatable bonds is 9. The van der Waals surface area contributed by atoms with Crippen molar-refractivity contribution in [1.29, 1.82) is 0 Å². The van der Waals surface area contributed by atoms with Gasteiger partial charge >= 0.3 is 5.97 Å². The quantitative estimate of drug-likeness (QED) is 0.495. The van der Waals surface area contributed by atoms with E-state index in [0.717, 1.165) is 6.42 Å². The molecule has 0 aromatic heterocycles. The molecule has 0 spiro atoms. The molecular weight excluding hydrogens is 174 g/mol. The van der Waals surface area contributed by atoms with Crippen LogP contribution < -0.4 is 5.73 Å². The van der Waals surface area contributed by atoms with Crippen molar-refractivity contribution in [3.8, 4) is 0 Å². The number of aliphatic carboxylic acids is 1. The average Bonchev–Trinajstić information content (AvgIpc) is 2.09. The van der Waals surface area contributed by atoms with Gasteiger partial charge in [0.1, 0.15) is 0 Å². The molecule has 0 fully saturated rings. The zero-order valence-electron chi connectivity index (χ0n) is 7.70. The Morgan fingerprint density at radius 1 is 1.15 bits per heavy atom. The number of nitrogens with two attached hydrogens (primary N) is 1. The third kappa shape index (κ3) is 11.3. The molecule has 0 amide bonds. The fraction of sp³-hybridized carbons (Fsp3) is 0.875. The lowest BCUT2D eigenvalue weighted by molar-refractivity contribution is -0.138. The van der Waals surface area contributed by atoms with E-state index in [0.29, 0.717) is 26.4 Å². The van der Waals surface area contributed by atoms with Crippen LogP contribution in [0.4, 0.5) is 0 Å². The lowest BCUT2D eigenvalue weighted by Crippen LogP contribution is -2.10. The predicted molar refractivity (Wildman–Crippen MR) is 47.6 cm³/mol. The summed E-state index contributed by atoms with van der Waals surface area (Å²) in [6.07, 6.45) is 0.887. The highest BCUT2D eigenvalue weighted by atomic mass is 16.5. The average molecular weight is 191 g/mol. The summed E-state index contributed by atoms with van der Waals surface area (Å²) in [6.45, 7) is 2.45. The molecule has 0 saturated heterocycles. The summed E-state index contributed by atoms with van der Waals surface area (Å²) < 4.78 is 10.1. The molecule has 0 bridgehead atoms. The van der Waals surface area contributed by atoms with Gasteiger partial charge in [-0.25, -0.2) is 0 Å². The molecule has 0 aliphatic carbocycles. The van der Waals surface area contributed by atoms with E-state index in [1.54, 1.807) is 0 Å². The third-order valence-electron chi connectivity index (χ3n) is 1.33. The van der Waals surface area contributed by atoms with Crippen LogP contribution in [-0.4, -0.2) is 44.0 Å². The molecule has 0 unspecified atom stereocenters. The largest absolute Gasteiger partial charge is 0.481 e. The Morgan fingerprint density at radius 3 is 2.31 bits per heavy atom. The lowest BCUT2D eigenvalue weighted by atomic mass is 10.5.